The smallest absolute Gasteiger partial charge is 0.286 e. The van der Waals surface area contributed by atoms with E-state index >= 15 is 0 Å². The highest BCUT2D eigenvalue weighted by Crippen LogP contribution is 2.26. The van der Waals surface area contributed by atoms with Gasteiger partial charge in [-0.2, -0.15) is 0 Å². The lowest BCUT2D eigenvalue weighted by Gasteiger charge is -2.32. The van der Waals surface area contributed by atoms with Crippen molar-refractivity contribution in [2.75, 3.05) is 20.4 Å². The van der Waals surface area contributed by atoms with Crippen molar-refractivity contribution in [1.29, 1.82) is 0 Å². The first kappa shape index (κ1) is 27.9. The van der Waals surface area contributed by atoms with Gasteiger partial charge in [-0.3, -0.25) is 14.4 Å². The molecule has 9 nitrogen and oxygen atoms in total. The fraction of sp³-hybridized carbons (Fsp3) is 0.577. The first-order valence-corrected chi connectivity index (χ1v) is 13.7. The van der Waals surface area contributed by atoms with Gasteiger partial charge in [0.1, 0.15) is 0 Å². The fourth-order valence-electron chi connectivity index (χ4n) is 4.52. The third kappa shape index (κ3) is 7.64. The van der Waals surface area contributed by atoms with E-state index in [1.807, 2.05) is 52.2 Å². The molecule has 1 aromatic carbocycles. The van der Waals surface area contributed by atoms with Crippen molar-refractivity contribution in [1.82, 2.24) is 25.7 Å². The molecule has 0 spiro atoms. The number of Topliss-reactive ketones (excluding diaryl/α,β-unsaturated/α-hetero) is 1. The van der Waals surface area contributed by atoms with Crippen molar-refractivity contribution in [3.05, 3.63) is 41.3 Å². The molecule has 36 heavy (non-hydrogen) atoms. The lowest BCUT2D eigenvalue weighted by molar-refractivity contribution is -0.127. The van der Waals surface area contributed by atoms with Crippen LogP contribution < -0.4 is 10.6 Å². The van der Waals surface area contributed by atoms with Crippen LogP contribution in [0.15, 0.2) is 33.9 Å². The maximum Gasteiger partial charge on any atom is 0.286 e. The number of amides is 2. The second kappa shape index (κ2) is 13.0. The average Bonchev–Trinajstić information content (AvgIpc) is 3.32. The minimum atomic E-state index is -0.768. The zero-order chi connectivity index (χ0) is 26.2. The molecular weight excluding hydrogens is 478 g/mol. The number of carbonyl (C=O) groups is 3. The highest BCUT2D eigenvalue weighted by atomic mass is 32.2. The maximum atomic E-state index is 13.4. The Morgan fingerprint density at radius 2 is 1.81 bits per heavy atom. The van der Waals surface area contributed by atoms with Crippen LogP contribution in [0.3, 0.4) is 0 Å². The number of hydrogen-bond acceptors (Lipinski definition) is 8. The Morgan fingerprint density at radius 1 is 1.11 bits per heavy atom. The molecule has 1 saturated carbocycles. The van der Waals surface area contributed by atoms with E-state index in [0.717, 1.165) is 24.9 Å². The third-order valence-corrected chi connectivity index (χ3v) is 6.78. The van der Waals surface area contributed by atoms with E-state index in [1.54, 1.807) is 6.26 Å². The summed E-state index contributed by atoms with van der Waals surface area (Å²) in [7, 11) is 4.00. The second-order valence-electron chi connectivity index (χ2n) is 10.0. The molecule has 0 aliphatic heterocycles. The van der Waals surface area contributed by atoms with Crippen molar-refractivity contribution in [3.8, 4) is 0 Å². The van der Waals surface area contributed by atoms with E-state index in [2.05, 4.69) is 25.7 Å². The molecule has 1 unspecified atom stereocenters. The Morgan fingerprint density at radius 3 is 2.42 bits per heavy atom. The zero-order valence-corrected chi connectivity index (χ0v) is 22.6. The normalized spacial score (nSPS) is 18.8. The highest BCUT2D eigenvalue weighted by molar-refractivity contribution is 7.98. The molecule has 0 radical (unpaired) electrons. The maximum absolute atomic E-state index is 13.4. The van der Waals surface area contributed by atoms with Crippen molar-refractivity contribution in [3.63, 3.8) is 0 Å². The Kier molecular flexibility index (Phi) is 10.1. The van der Waals surface area contributed by atoms with E-state index in [0.29, 0.717) is 30.0 Å². The first-order valence-electron chi connectivity index (χ1n) is 12.4. The van der Waals surface area contributed by atoms with Crippen molar-refractivity contribution < 1.29 is 18.8 Å². The number of aromatic nitrogens is 2. The SMILES string of the molecule is CSc1nnc(C(=O)C(CC(C)C)NC(=O)[C@@H]2CCCC[C@@H]2NC(=O)c2ccc(CN(C)C)cc2)o1. The molecule has 1 aromatic heterocycles. The summed E-state index contributed by atoms with van der Waals surface area (Å²) in [6.07, 6.45) is 5.43. The quantitative estimate of drug-likeness (QED) is 0.345. The predicted octanol–water partition coefficient (Wildman–Crippen LogP) is 3.56. The average molecular weight is 516 g/mol. The Labute approximate surface area is 217 Å². The number of carbonyl (C=O) groups excluding carboxylic acids is 3. The topological polar surface area (TPSA) is 117 Å². The lowest BCUT2D eigenvalue weighted by Crippen LogP contribution is -2.52. The van der Waals surface area contributed by atoms with Crippen LogP contribution in [0.1, 0.15) is 72.6 Å². The lowest BCUT2D eigenvalue weighted by atomic mass is 9.83. The number of nitrogens with one attached hydrogen (secondary N) is 2. The molecule has 2 amide bonds. The molecule has 0 bridgehead atoms. The largest absolute Gasteiger partial charge is 0.408 e. The summed E-state index contributed by atoms with van der Waals surface area (Å²) in [5.74, 6) is -1.16. The van der Waals surface area contributed by atoms with Gasteiger partial charge < -0.3 is 20.0 Å². The van der Waals surface area contributed by atoms with Gasteiger partial charge in [0.15, 0.2) is 0 Å². The van der Waals surface area contributed by atoms with Gasteiger partial charge in [-0.05, 0) is 63.2 Å². The van der Waals surface area contributed by atoms with E-state index in [9.17, 15) is 14.4 Å². The molecular formula is C26H37N5O4S. The van der Waals surface area contributed by atoms with Crippen molar-refractivity contribution in [2.45, 2.75) is 69.8 Å². The highest BCUT2D eigenvalue weighted by Gasteiger charge is 2.35. The van der Waals surface area contributed by atoms with E-state index < -0.39 is 12.0 Å². The summed E-state index contributed by atoms with van der Waals surface area (Å²) in [5.41, 5.74) is 1.69. The first-order chi connectivity index (χ1) is 17.2. The Hall–Kier alpha value is -2.72. The summed E-state index contributed by atoms with van der Waals surface area (Å²) in [5, 5.41) is 14.0. The molecule has 3 rings (SSSR count). The van der Waals surface area contributed by atoms with E-state index in [-0.39, 0.29) is 35.4 Å². The van der Waals surface area contributed by atoms with Gasteiger partial charge in [0, 0.05) is 18.2 Å². The number of rotatable bonds is 11. The minimum Gasteiger partial charge on any atom is -0.408 e. The monoisotopic (exact) mass is 515 g/mol. The number of thioether (sulfide) groups is 1. The van der Waals surface area contributed by atoms with Crippen LogP contribution in [0.2, 0.25) is 0 Å². The van der Waals surface area contributed by atoms with Gasteiger partial charge in [0.2, 0.25) is 11.7 Å². The molecule has 3 atom stereocenters. The van der Waals surface area contributed by atoms with Crippen molar-refractivity contribution in [2.24, 2.45) is 11.8 Å². The molecule has 1 heterocycles. The van der Waals surface area contributed by atoms with E-state index in [1.165, 1.54) is 11.8 Å². The van der Waals surface area contributed by atoms with Crippen LogP contribution in [0.25, 0.3) is 0 Å². The number of benzene rings is 1. The Bertz CT molecular complexity index is 1040. The van der Waals surface area contributed by atoms with Crippen LogP contribution in [-0.4, -0.2) is 65.1 Å². The summed E-state index contributed by atoms with van der Waals surface area (Å²) in [4.78, 5) is 41.5. The second-order valence-corrected chi connectivity index (χ2v) is 10.8. The molecule has 10 heteroatoms. The van der Waals surface area contributed by atoms with Crippen LogP contribution in [0.4, 0.5) is 0 Å². The number of ketones is 1. The molecule has 1 fully saturated rings. The molecule has 2 N–H and O–H groups in total. The van der Waals surface area contributed by atoms with Gasteiger partial charge >= 0.3 is 0 Å². The van der Waals surface area contributed by atoms with E-state index in [4.69, 9.17) is 4.42 Å². The summed E-state index contributed by atoms with van der Waals surface area (Å²) >= 11 is 1.25. The molecule has 1 aliphatic rings. The number of nitrogens with zero attached hydrogens (tertiary/aromatic N) is 3. The van der Waals surface area contributed by atoms with Gasteiger partial charge in [0.25, 0.3) is 17.0 Å². The van der Waals surface area contributed by atoms with Crippen LogP contribution >= 0.6 is 11.8 Å². The standard InChI is InChI=1S/C26H37N5O4S/c1-16(2)14-21(22(32)25-29-30-26(35-25)36-5)28-24(34)19-8-6-7-9-20(19)27-23(33)18-12-10-17(11-13-18)15-31(3)4/h10-13,16,19-21H,6-9,14-15H2,1-5H3,(H,27,33)(H,28,34)/t19-,20+,21?/m1/s1. The summed E-state index contributed by atoms with van der Waals surface area (Å²) in [6, 6.07) is 6.46. The molecule has 2 aromatic rings. The Balaban J connectivity index is 1.68. The molecule has 0 saturated heterocycles. The van der Waals surface area contributed by atoms with Crippen LogP contribution in [0, 0.1) is 11.8 Å². The van der Waals surface area contributed by atoms with Crippen LogP contribution in [-0.2, 0) is 11.3 Å². The van der Waals surface area contributed by atoms with Crippen LogP contribution in [0.5, 0.6) is 0 Å². The number of hydrogen-bond donors (Lipinski definition) is 2. The third-order valence-electron chi connectivity index (χ3n) is 6.27. The predicted molar refractivity (Wildman–Crippen MR) is 139 cm³/mol. The molecule has 1 aliphatic carbocycles. The zero-order valence-electron chi connectivity index (χ0n) is 21.7. The van der Waals surface area contributed by atoms with Gasteiger partial charge in [0.05, 0.1) is 12.0 Å². The van der Waals surface area contributed by atoms with Gasteiger partial charge in [-0.15, -0.1) is 10.2 Å². The fourth-order valence-corrected chi connectivity index (χ4v) is 4.80. The minimum absolute atomic E-state index is 0.100. The summed E-state index contributed by atoms with van der Waals surface area (Å²) < 4.78 is 5.42. The van der Waals surface area contributed by atoms with Gasteiger partial charge in [-0.25, -0.2) is 0 Å². The molecule has 196 valence electrons. The van der Waals surface area contributed by atoms with Gasteiger partial charge in [-0.1, -0.05) is 50.6 Å². The summed E-state index contributed by atoms with van der Waals surface area (Å²) in [6.45, 7) is 4.77. The van der Waals surface area contributed by atoms with Crippen molar-refractivity contribution >= 4 is 29.4 Å².